The fourth-order valence-electron chi connectivity index (χ4n) is 6.98. The Morgan fingerprint density at radius 1 is 0.792 bits per heavy atom. The first-order chi connectivity index (χ1) is 25.3. The molecule has 4 atom stereocenters. The Labute approximate surface area is 312 Å². The van der Waals surface area contributed by atoms with Crippen molar-refractivity contribution < 1.29 is 37.8 Å². The highest BCUT2D eigenvalue weighted by Gasteiger charge is 2.37. The van der Waals surface area contributed by atoms with Crippen LogP contribution in [0.1, 0.15) is 77.8 Å². The summed E-state index contributed by atoms with van der Waals surface area (Å²) in [6.45, 7) is 9.70. The summed E-state index contributed by atoms with van der Waals surface area (Å²) in [5, 5.41) is 8.74. The molecule has 2 aliphatic rings. The highest BCUT2D eigenvalue weighted by Crippen LogP contribution is 2.25. The van der Waals surface area contributed by atoms with E-state index in [4.69, 9.17) is 9.47 Å². The maximum absolute atomic E-state index is 14.2. The Morgan fingerprint density at radius 3 is 2.00 bits per heavy atom. The van der Waals surface area contributed by atoms with Crippen molar-refractivity contribution in [3.63, 3.8) is 0 Å². The summed E-state index contributed by atoms with van der Waals surface area (Å²) in [6.07, 6.45) is 3.33. The van der Waals surface area contributed by atoms with Crippen LogP contribution < -0.4 is 20.7 Å². The molecule has 2 aromatic rings. The van der Waals surface area contributed by atoms with Gasteiger partial charge >= 0.3 is 5.97 Å². The number of esters is 1. The third-order valence-electron chi connectivity index (χ3n) is 9.77. The van der Waals surface area contributed by atoms with Gasteiger partial charge in [-0.3, -0.25) is 28.9 Å². The molecule has 0 radical (unpaired) electrons. The minimum atomic E-state index is -1.02. The van der Waals surface area contributed by atoms with Crippen molar-refractivity contribution in [1.29, 1.82) is 0 Å². The van der Waals surface area contributed by atoms with Gasteiger partial charge in [-0.05, 0) is 93.3 Å². The quantitative estimate of drug-likeness (QED) is 0.207. The molecule has 2 aliphatic heterocycles. The monoisotopic (exact) mass is 737 g/mol. The number of likely N-dealkylation sites (tertiary alicyclic amines) is 2. The minimum absolute atomic E-state index is 0.0227. The number of piperidine rings is 1. The van der Waals surface area contributed by atoms with E-state index in [9.17, 15) is 28.4 Å². The van der Waals surface area contributed by atoms with Gasteiger partial charge in [-0.1, -0.05) is 58.0 Å². The number of carbonyl (C=O) groups excluding carboxylic acids is 5. The van der Waals surface area contributed by atoms with Crippen molar-refractivity contribution in [2.75, 3.05) is 39.9 Å². The molecule has 13 heteroatoms. The number of amides is 4. The Balaban J connectivity index is 1.44. The van der Waals surface area contributed by atoms with Crippen LogP contribution in [0.15, 0.2) is 54.6 Å². The standard InChI is InChI=1S/C40H56FN5O7/c1-26(2)22-33(42-35(47)24-45-20-17-29(18-21-45)40(51)52-5)37(48)43-34(23-27(3)4)38(49)44-36(28-10-7-6-8-11-28)39(50)46-19-9-12-31(46)25-53-32-15-13-30(41)14-16-32/h6-8,10-11,13-16,26-27,29,31,33-34,36H,9,12,17-25H2,1-5H3,(H,42,47)(H,43,48)(H,44,49)/t31-,33-,34-,36-/m0/s1. The van der Waals surface area contributed by atoms with E-state index in [1.807, 2.05) is 38.7 Å². The lowest BCUT2D eigenvalue weighted by atomic mass is 9.97. The Hall–Kier alpha value is -4.52. The average Bonchev–Trinajstić information content (AvgIpc) is 3.61. The van der Waals surface area contributed by atoms with Crippen LogP contribution in [0.3, 0.4) is 0 Å². The Morgan fingerprint density at radius 2 is 1.40 bits per heavy atom. The molecule has 4 rings (SSSR count). The zero-order valence-corrected chi connectivity index (χ0v) is 31.6. The summed E-state index contributed by atoms with van der Waals surface area (Å²) in [6, 6.07) is 11.6. The van der Waals surface area contributed by atoms with Gasteiger partial charge < -0.3 is 30.3 Å². The van der Waals surface area contributed by atoms with Gasteiger partial charge in [0.05, 0.1) is 25.6 Å². The number of nitrogens with one attached hydrogen (secondary N) is 3. The minimum Gasteiger partial charge on any atom is -0.491 e. The van der Waals surface area contributed by atoms with Crippen molar-refractivity contribution in [3.05, 3.63) is 66.0 Å². The molecule has 0 bridgehead atoms. The van der Waals surface area contributed by atoms with Crippen molar-refractivity contribution in [2.45, 2.75) is 90.4 Å². The number of nitrogens with zero attached hydrogens (tertiary/aromatic N) is 2. The smallest absolute Gasteiger partial charge is 0.308 e. The van der Waals surface area contributed by atoms with Crippen LogP contribution in [-0.4, -0.2) is 97.4 Å². The zero-order chi connectivity index (χ0) is 38.5. The predicted octanol–water partition coefficient (Wildman–Crippen LogP) is 4.00. The predicted molar refractivity (Wildman–Crippen MR) is 198 cm³/mol. The van der Waals surface area contributed by atoms with Gasteiger partial charge in [0.25, 0.3) is 0 Å². The van der Waals surface area contributed by atoms with Gasteiger partial charge in [0.15, 0.2) is 0 Å². The van der Waals surface area contributed by atoms with Crippen LogP contribution in [0.4, 0.5) is 4.39 Å². The van der Waals surface area contributed by atoms with Gasteiger partial charge in [0.1, 0.15) is 36.3 Å². The molecule has 290 valence electrons. The lowest BCUT2D eigenvalue weighted by Crippen LogP contribution is -2.56. The normalized spacial score (nSPS) is 18.3. The van der Waals surface area contributed by atoms with Crippen LogP contribution in [0.5, 0.6) is 5.75 Å². The number of carbonyl (C=O) groups is 5. The first kappa shape index (κ1) is 41.2. The topological polar surface area (TPSA) is 146 Å². The largest absolute Gasteiger partial charge is 0.491 e. The fourth-order valence-corrected chi connectivity index (χ4v) is 6.98. The summed E-state index contributed by atoms with van der Waals surface area (Å²) in [5.74, 6) is -1.78. The summed E-state index contributed by atoms with van der Waals surface area (Å²) in [5.41, 5.74) is 0.603. The van der Waals surface area contributed by atoms with Crippen LogP contribution in [-0.2, 0) is 28.7 Å². The second-order valence-electron chi connectivity index (χ2n) is 15.0. The van der Waals surface area contributed by atoms with Crippen molar-refractivity contribution >= 4 is 29.6 Å². The van der Waals surface area contributed by atoms with E-state index in [0.717, 1.165) is 6.42 Å². The van der Waals surface area contributed by atoms with Gasteiger partial charge in [-0.2, -0.15) is 0 Å². The highest BCUT2D eigenvalue weighted by atomic mass is 19.1. The summed E-state index contributed by atoms with van der Waals surface area (Å²) < 4.78 is 24.2. The first-order valence-corrected chi connectivity index (χ1v) is 18.8. The summed E-state index contributed by atoms with van der Waals surface area (Å²) >= 11 is 0. The molecule has 0 aliphatic carbocycles. The third-order valence-corrected chi connectivity index (χ3v) is 9.77. The van der Waals surface area contributed by atoms with E-state index in [1.165, 1.54) is 19.2 Å². The molecule has 2 heterocycles. The molecule has 4 amide bonds. The second-order valence-corrected chi connectivity index (χ2v) is 15.0. The molecule has 53 heavy (non-hydrogen) atoms. The van der Waals surface area contributed by atoms with E-state index in [2.05, 4.69) is 16.0 Å². The second kappa shape index (κ2) is 20.1. The maximum Gasteiger partial charge on any atom is 0.308 e. The van der Waals surface area contributed by atoms with Crippen LogP contribution in [0.25, 0.3) is 0 Å². The molecule has 0 aromatic heterocycles. The third kappa shape index (κ3) is 12.5. The molecular formula is C40H56FN5O7. The molecule has 3 N–H and O–H groups in total. The molecule has 0 saturated carbocycles. The van der Waals surface area contributed by atoms with Crippen LogP contribution in [0, 0.1) is 23.6 Å². The Kier molecular flexibility index (Phi) is 15.6. The highest BCUT2D eigenvalue weighted by molar-refractivity contribution is 5.95. The molecule has 2 saturated heterocycles. The molecule has 0 spiro atoms. The van der Waals surface area contributed by atoms with Gasteiger partial charge in [0.2, 0.25) is 23.6 Å². The van der Waals surface area contributed by atoms with Crippen molar-refractivity contribution in [1.82, 2.24) is 25.8 Å². The van der Waals surface area contributed by atoms with Gasteiger partial charge in [-0.15, -0.1) is 0 Å². The molecule has 0 unspecified atom stereocenters. The first-order valence-electron chi connectivity index (χ1n) is 18.8. The van der Waals surface area contributed by atoms with Crippen molar-refractivity contribution in [3.8, 4) is 5.75 Å². The zero-order valence-electron chi connectivity index (χ0n) is 31.6. The number of hydrogen-bond donors (Lipinski definition) is 3. The molecular weight excluding hydrogens is 681 g/mol. The van der Waals surface area contributed by atoms with Crippen LogP contribution >= 0.6 is 0 Å². The lowest BCUT2D eigenvalue weighted by Gasteiger charge is -2.31. The van der Waals surface area contributed by atoms with Crippen molar-refractivity contribution in [2.24, 2.45) is 17.8 Å². The molecule has 2 aromatic carbocycles. The van der Waals surface area contributed by atoms with E-state index < -0.39 is 29.9 Å². The fraction of sp³-hybridized carbons (Fsp3) is 0.575. The van der Waals surface area contributed by atoms with E-state index in [-0.39, 0.29) is 60.5 Å². The number of benzene rings is 2. The maximum atomic E-state index is 14.2. The number of halogens is 1. The Bertz CT molecular complexity index is 1520. The number of ether oxygens (including phenoxy) is 2. The van der Waals surface area contributed by atoms with E-state index in [1.54, 1.807) is 41.3 Å². The van der Waals surface area contributed by atoms with E-state index in [0.29, 0.717) is 63.1 Å². The number of rotatable bonds is 17. The molecule has 12 nitrogen and oxygen atoms in total. The van der Waals surface area contributed by atoms with E-state index >= 15 is 0 Å². The summed E-state index contributed by atoms with van der Waals surface area (Å²) in [4.78, 5) is 70.9. The van der Waals surface area contributed by atoms with Crippen LogP contribution in [0.2, 0.25) is 0 Å². The average molecular weight is 738 g/mol. The SMILES string of the molecule is COC(=O)C1CCN(CC(=O)N[C@@H](CC(C)C)C(=O)N[C@@H](CC(C)C)C(=O)N[C@H](C(=O)N2CCC[C@H]2COc2ccc(F)cc2)c2ccccc2)CC1. The summed E-state index contributed by atoms with van der Waals surface area (Å²) in [7, 11) is 1.37. The molecule has 2 fully saturated rings. The number of hydrogen-bond acceptors (Lipinski definition) is 8. The lowest BCUT2D eigenvalue weighted by molar-refractivity contribution is -0.147. The van der Waals surface area contributed by atoms with Gasteiger partial charge in [0, 0.05) is 6.54 Å². The number of methoxy groups -OCH3 is 1. The van der Waals surface area contributed by atoms with Gasteiger partial charge in [-0.25, -0.2) is 4.39 Å².